The smallest absolute Gasteiger partial charge is 0.270 e. The first-order valence-corrected chi connectivity index (χ1v) is 7.75. The Kier molecular flexibility index (Phi) is 4.78. The van der Waals surface area contributed by atoms with E-state index in [0.29, 0.717) is 16.6 Å². The van der Waals surface area contributed by atoms with Crippen molar-refractivity contribution in [3.8, 4) is 10.6 Å². The molecule has 1 heterocycles. The number of thiazole rings is 1. The van der Waals surface area contributed by atoms with Crippen molar-refractivity contribution in [1.29, 1.82) is 0 Å². The fraction of sp³-hybridized carbons (Fsp3) is 0.333. The highest BCUT2D eigenvalue weighted by Crippen LogP contribution is 2.25. The third-order valence-electron chi connectivity index (χ3n) is 3.19. The number of rotatable bonds is 4. The van der Waals surface area contributed by atoms with Crippen molar-refractivity contribution in [3.63, 3.8) is 0 Å². The lowest BCUT2D eigenvalue weighted by Gasteiger charge is -2.16. The highest BCUT2D eigenvalue weighted by molar-refractivity contribution is 7.13. The standard InChI is InChI=1S/C15H17ClN2OS/c1-9(2)10(3)17-14(19)13-8-20-15(18-13)11-4-6-12(16)7-5-11/h4-10H,1-3H3,(H,17,19). The summed E-state index contributed by atoms with van der Waals surface area (Å²) in [4.78, 5) is 16.5. The van der Waals surface area contributed by atoms with Crippen molar-refractivity contribution in [2.24, 2.45) is 5.92 Å². The quantitative estimate of drug-likeness (QED) is 0.918. The summed E-state index contributed by atoms with van der Waals surface area (Å²) >= 11 is 7.32. The van der Waals surface area contributed by atoms with Gasteiger partial charge in [-0.3, -0.25) is 4.79 Å². The van der Waals surface area contributed by atoms with Crippen molar-refractivity contribution >= 4 is 28.8 Å². The van der Waals surface area contributed by atoms with E-state index in [1.165, 1.54) is 11.3 Å². The van der Waals surface area contributed by atoms with Gasteiger partial charge < -0.3 is 5.32 Å². The predicted molar refractivity (Wildman–Crippen MR) is 84.3 cm³/mol. The molecule has 0 fully saturated rings. The number of nitrogens with zero attached hydrogens (tertiary/aromatic N) is 1. The number of nitrogens with one attached hydrogen (secondary N) is 1. The van der Waals surface area contributed by atoms with Crippen LogP contribution in [0.2, 0.25) is 5.02 Å². The lowest BCUT2D eigenvalue weighted by Crippen LogP contribution is -2.36. The van der Waals surface area contributed by atoms with E-state index in [1.807, 2.05) is 31.2 Å². The van der Waals surface area contributed by atoms with Crippen molar-refractivity contribution in [2.75, 3.05) is 0 Å². The Hall–Kier alpha value is -1.39. The van der Waals surface area contributed by atoms with Crippen LogP contribution in [0.15, 0.2) is 29.6 Å². The number of halogens is 1. The summed E-state index contributed by atoms with van der Waals surface area (Å²) in [6.07, 6.45) is 0. The predicted octanol–water partition coefficient (Wildman–Crippen LogP) is 4.24. The minimum absolute atomic E-state index is 0.123. The van der Waals surface area contributed by atoms with Crippen LogP contribution >= 0.6 is 22.9 Å². The zero-order chi connectivity index (χ0) is 14.7. The Bertz CT molecular complexity index is 592. The average molecular weight is 309 g/mol. The van der Waals surface area contributed by atoms with E-state index in [-0.39, 0.29) is 11.9 Å². The van der Waals surface area contributed by atoms with Gasteiger partial charge in [0, 0.05) is 22.0 Å². The van der Waals surface area contributed by atoms with Crippen molar-refractivity contribution in [2.45, 2.75) is 26.8 Å². The summed E-state index contributed by atoms with van der Waals surface area (Å²) in [6.45, 7) is 6.14. The lowest BCUT2D eigenvalue weighted by molar-refractivity contribution is 0.0926. The molecule has 0 radical (unpaired) electrons. The molecule has 0 saturated carbocycles. The molecule has 20 heavy (non-hydrogen) atoms. The maximum Gasteiger partial charge on any atom is 0.270 e. The van der Waals surface area contributed by atoms with Crippen LogP contribution in [-0.2, 0) is 0 Å². The molecule has 5 heteroatoms. The molecule has 1 amide bonds. The molecule has 1 aromatic heterocycles. The summed E-state index contributed by atoms with van der Waals surface area (Å²) in [7, 11) is 0. The van der Waals surface area contributed by atoms with Gasteiger partial charge >= 0.3 is 0 Å². The molecule has 0 spiro atoms. The Labute approximate surface area is 128 Å². The number of aromatic nitrogens is 1. The van der Waals surface area contributed by atoms with E-state index in [2.05, 4.69) is 24.1 Å². The van der Waals surface area contributed by atoms with Crippen molar-refractivity contribution in [1.82, 2.24) is 10.3 Å². The minimum atomic E-state index is -0.123. The third-order valence-corrected chi connectivity index (χ3v) is 4.33. The zero-order valence-electron chi connectivity index (χ0n) is 11.7. The number of carbonyl (C=O) groups is 1. The van der Waals surface area contributed by atoms with Gasteiger partial charge in [0.2, 0.25) is 0 Å². The van der Waals surface area contributed by atoms with Crippen molar-refractivity contribution < 1.29 is 4.79 Å². The molecule has 0 aliphatic heterocycles. The SMILES string of the molecule is CC(C)C(C)NC(=O)c1csc(-c2ccc(Cl)cc2)n1. The van der Waals surface area contributed by atoms with E-state index in [0.717, 1.165) is 10.6 Å². The minimum Gasteiger partial charge on any atom is -0.348 e. The summed E-state index contributed by atoms with van der Waals surface area (Å²) in [5, 5.41) is 6.25. The maximum absolute atomic E-state index is 12.1. The first-order valence-electron chi connectivity index (χ1n) is 6.49. The Morgan fingerprint density at radius 1 is 1.25 bits per heavy atom. The second-order valence-corrected chi connectivity index (χ2v) is 6.35. The van der Waals surface area contributed by atoms with Gasteiger partial charge in [-0.2, -0.15) is 0 Å². The Morgan fingerprint density at radius 3 is 2.50 bits per heavy atom. The van der Waals surface area contributed by atoms with Crippen LogP contribution in [0.1, 0.15) is 31.3 Å². The van der Waals surface area contributed by atoms with Gasteiger partial charge in [0.05, 0.1) is 0 Å². The summed E-state index contributed by atoms with van der Waals surface area (Å²) in [6, 6.07) is 7.57. The fourth-order valence-corrected chi connectivity index (χ4v) is 2.48. The summed E-state index contributed by atoms with van der Waals surface area (Å²) < 4.78 is 0. The lowest BCUT2D eigenvalue weighted by atomic mass is 10.1. The molecule has 1 aromatic carbocycles. The van der Waals surface area contributed by atoms with Crippen LogP contribution in [-0.4, -0.2) is 16.9 Å². The molecule has 0 bridgehead atoms. The molecule has 3 nitrogen and oxygen atoms in total. The molecule has 2 rings (SSSR count). The van der Waals surface area contributed by atoms with Gasteiger partial charge in [0.15, 0.2) is 0 Å². The second-order valence-electron chi connectivity index (χ2n) is 5.05. The first kappa shape index (κ1) is 15.0. The zero-order valence-corrected chi connectivity index (χ0v) is 13.3. The molecule has 1 unspecified atom stereocenters. The van der Waals surface area contributed by atoms with E-state index in [9.17, 15) is 4.79 Å². The second kappa shape index (κ2) is 6.37. The van der Waals surface area contributed by atoms with Crippen LogP contribution in [0.3, 0.4) is 0 Å². The van der Waals surface area contributed by atoms with Crippen molar-refractivity contribution in [3.05, 3.63) is 40.4 Å². The van der Waals surface area contributed by atoms with E-state index in [4.69, 9.17) is 11.6 Å². The molecule has 0 saturated heterocycles. The van der Waals surface area contributed by atoms with Gasteiger partial charge in [-0.25, -0.2) is 4.98 Å². The number of hydrogen-bond donors (Lipinski definition) is 1. The van der Waals surface area contributed by atoms with Gasteiger partial charge in [-0.1, -0.05) is 37.6 Å². The largest absolute Gasteiger partial charge is 0.348 e. The first-order chi connectivity index (χ1) is 9.47. The number of carbonyl (C=O) groups excluding carboxylic acids is 1. The van der Waals surface area contributed by atoms with E-state index in [1.54, 1.807) is 5.38 Å². The molecule has 0 aliphatic rings. The summed E-state index contributed by atoms with van der Waals surface area (Å²) in [5.41, 5.74) is 1.43. The van der Waals surface area contributed by atoms with Gasteiger partial charge in [-0.15, -0.1) is 11.3 Å². The number of benzene rings is 1. The van der Waals surface area contributed by atoms with Crippen LogP contribution in [0.4, 0.5) is 0 Å². The molecule has 2 aromatic rings. The van der Waals surface area contributed by atoms with Crippen LogP contribution < -0.4 is 5.32 Å². The monoisotopic (exact) mass is 308 g/mol. The maximum atomic E-state index is 12.1. The van der Waals surface area contributed by atoms with E-state index >= 15 is 0 Å². The molecule has 106 valence electrons. The van der Waals surface area contributed by atoms with Gasteiger partial charge in [0.25, 0.3) is 5.91 Å². The van der Waals surface area contributed by atoms with E-state index < -0.39 is 0 Å². The third kappa shape index (κ3) is 3.58. The Balaban J connectivity index is 2.12. The average Bonchev–Trinajstić information content (AvgIpc) is 2.89. The normalized spacial score (nSPS) is 12.4. The molecule has 1 atom stereocenters. The highest BCUT2D eigenvalue weighted by atomic mass is 35.5. The molecule has 1 N–H and O–H groups in total. The molecule has 0 aliphatic carbocycles. The van der Waals surface area contributed by atoms with Crippen LogP contribution in [0, 0.1) is 5.92 Å². The van der Waals surface area contributed by atoms with Gasteiger partial charge in [-0.05, 0) is 25.0 Å². The topological polar surface area (TPSA) is 42.0 Å². The molecular weight excluding hydrogens is 292 g/mol. The Morgan fingerprint density at radius 2 is 1.90 bits per heavy atom. The highest BCUT2D eigenvalue weighted by Gasteiger charge is 2.15. The van der Waals surface area contributed by atoms with Gasteiger partial charge in [0.1, 0.15) is 10.7 Å². The number of amides is 1. The number of hydrogen-bond acceptors (Lipinski definition) is 3. The summed E-state index contributed by atoms with van der Waals surface area (Å²) in [5.74, 6) is 0.274. The molecular formula is C15H17ClN2OS. The fourth-order valence-electron chi connectivity index (χ4n) is 1.55. The van der Waals surface area contributed by atoms with Crippen LogP contribution in [0.25, 0.3) is 10.6 Å². The van der Waals surface area contributed by atoms with Crippen LogP contribution in [0.5, 0.6) is 0 Å².